The van der Waals surface area contributed by atoms with Gasteiger partial charge in [-0.3, -0.25) is 4.79 Å². The maximum absolute atomic E-state index is 13.9. The molecule has 0 N–H and O–H groups in total. The number of halogens is 1. The minimum atomic E-state index is -0.340. The maximum Gasteiger partial charge on any atom is 0.232 e. The Kier molecular flexibility index (Phi) is 4.92. The summed E-state index contributed by atoms with van der Waals surface area (Å²) in [4.78, 5) is 18.5. The highest BCUT2D eigenvalue weighted by molar-refractivity contribution is 5.96. The minimum absolute atomic E-state index is 0.107. The lowest BCUT2D eigenvalue weighted by Crippen LogP contribution is -2.24. The van der Waals surface area contributed by atoms with Gasteiger partial charge in [-0.1, -0.05) is 11.2 Å². The average Bonchev–Trinajstić information content (AvgIpc) is 3.36. The van der Waals surface area contributed by atoms with Gasteiger partial charge in [0, 0.05) is 24.2 Å². The molecule has 1 aromatic heterocycles. The highest BCUT2D eigenvalue weighted by Crippen LogP contribution is 2.34. The maximum atomic E-state index is 13.9. The van der Waals surface area contributed by atoms with Crippen LogP contribution in [-0.2, 0) is 4.79 Å². The Morgan fingerprint density at radius 2 is 1.93 bits per heavy atom. The van der Waals surface area contributed by atoms with Crippen molar-refractivity contribution in [1.82, 2.24) is 10.1 Å². The van der Waals surface area contributed by atoms with Crippen LogP contribution in [0.5, 0.6) is 11.5 Å². The van der Waals surface area contributed by atoms with Crippen LogP contribution in [0.2, 0.25) is 0 Å². The number of hydrogen-bond donors (Lipinski definition) is 0. The molecule has 3 aromatic rings. The monoisotopic (exact) mass is 397 g/mol. The molecular weight excluding hydrogens is 377 g/mol. The zero-order chi connectivity index (χ0) is 20.5. The Morgan fingerprint density at radius 1 is 1.14 bits per heavy atom. The first-order valence-corrected chi connectivity index (χ1v) is 9.12. The van der Waals surface area contributed by atoms with Gasteiger partial charge < -0.3 is 18.9 Å². The van der Waals surface area contributed by atoms with E-state index in [1.54, 1.807) is 56.4 Å². The summed E-state index contributed by atoms with van der Waals surface area (Å²) >= 11 is 0. The van der Waals surface area contributed by atoms with E-state index in [2.05, 4.69) is 10.1 Å². The predicted molar refractivity (Wildman–Crippen MR) is 104 cm³/mol. The third-order valence-electron chi connectivity index (χ3n) is 5.02. The van der Waals surface area contributed by atoms with E-state index in [0.717, 1.165) is 0 Å². The fourth-order valence-electron chi connectivity index (χ4n) is 3.37. The molecule has 1 aliphatic heterocycles. The summed E-state index contributed by atoms with van der Waals surface area (Å²) in [6.45, 7) is 2.04. The number of ether oxygens (including phenoxy) is 2. The van der Waals surface area contributed by atoms with Crippen LogP contribution in [-0.4, -0.2) is 36.8 Å². The van der Waals surface area contributed by atoms with E-state index in [4.69, 9.17) is 14.0 Å². The molecule has 1 saturated heterocycles. The number of aryl methyl sites for hydroxylation is 1. The number of benzene rings is 2. The van der Waals surface area contributed by atoms with Crippen LogP contribution >= 0.6 is 0 Å². The molecule has 2 aromatic carbocycles. The number of carbonyl (C=O) groups is 1. The van der Waals surface area contributed by atoms with E-state index in [-0.39, 0.29) is 24.1 Å². The van der Waals surface area contributed by atoms with Gasteiger partial charge >= 0.3 is 0 Å². The highest BCUT2D eigenvalue weighted by atomic mass is 19.1. The van der Waals surface area contributed by atoms with Gasteiger partial charge in [-0.05, 0) is 42.8 Å². The molecule has 0 aliphatic carbocycles. The summed E-state index contributed by atoms with van der Waals surface area (Å²) in [6.07, 6.45) is 0.225. The van der Waals surface area contributed by atoms with E-state index in [9.17, 15) is 9.18 Å². The van der Waals surface area contributed by atoms with Gasteiger partial charge in [-0.25, -0.2) is 4.39 Å². The molecule has 0 unspecified atom stereocenters. The molecule has 1 fully saturated rings. The Bertz CT molecular complexity index is 1070. The summed E-state index contributed by atoms with van der Waals surface area (Å²) in [5.74, 6) is 1.22. The van der Waals surface area contributed by atoms with Crippen LogP contribution < -0.4 is 14.4 Å². The smallest absolute Gasteiger partial charge is 0.232 e. The Hall–Kier alpha value is -3.42. The van der Waals surface area contributed by atoms with E-state index in [1.807, 2.05) is 0 Å². The molecule has 1 amide bonds. The molecule has 4 rings (SSSR count). The van der Waals surface area contributed by atoms with Crippen molar-refractivity contribution in [3.63, 3.8) is 0 Å². The number of nitrogens with zero attached hydrogens (tertiary/aromatic N) is 3. The van der Waals surface area contributed by atoms with Crippen molar-refractivity contribution in [3.05, 3.63) is 53.7 Å². The van der Waals surface area contributed by atoms with E-state index in [0.29, 0.717) is 46.6 Å². The molecular formula is C21H20FN3O4. The van der Waals surface area contributed by atoms with Crippen molar-refractivity contribution in [3.8, 4) is 22.9 Å². The summed E-state index contributed by atoms with van der Waals surface area (Å²) in [5, 5.41) is 4.04. The van der Waals surface area contributed by atoms with Crippen LogP contribution in [0, 0.1) is 12.7 Å². The summed E-state index contributed by atoms with van der Waals surface area (Å²) in [6, 6.07) is 10.1. The second kappa shape index (κ2) is 7.54. The topological polar surface area (TPSA) is 77.7 Å². The Morgan fingerprint density at radius 3 is 2.66 bits per heavy atom. The zero-order valence-corrected chi connectivity index (χ0v) is 16.3. The number of anilines is 1. The SMILES string of the molecule is COc1ccc(-c2noc([C@H]3CC(=O)N(c4ccc(C)c(F)c4)C3)n2)cc1OC. The molecule has 7 nitrogen and oxygen atoms in total. The summed E-state index contributed by atoms with van der Waals surface area (Å²) in [7, 11) is 3.11. The lowest BCUT2D eigenvalue weighted by Gasteiger charge is -2.16. The van der Waals surface area contributed by atoms with Gasteiger partial charge in [0.15, 0.2) is 11.5 Å². The molecule has 2 heterocycles. The molecule has 150 valence electrons. The van der Waals surface area contributed by atoms with Gasteiger partial charge in [0.2, 0.25) is 17.6 Å². The van der Waals surface area contributed by atoms with E-state index >= 15 is 0 Å². The Balaban J connectivity index is 1.56. The zero-order valence-electron chi connectivity index (χ0n) is 16.3. The van der Waals surface area contributed by atoms with Gasteiger partial charge in [0.25, 0.3) is 0 Å². The van der Waals surface area contributed by atoms with Crippen molar-refractivity contribution in [2.75, 3.05) is 25.7 Å². The van der Waals surface area contributed by atoms with Gasteiger partial charge in [-0.15, -0.1) is 0 Å². The quantitative estimate of drug-likeness (QED) is 0.653. The number of rotatable bonds is 5. The number of methoxy groups -OCH3 is 2. The molecule has 1 aliphatic rings. The fraction of sp³-hybridized carbons (Fsp3) is 0.286. The van der Waals surface area contributed by atoms with Crippen LogP contribution in [0.3, 0.4) is 0 Å². The normalized spacial score (nSPS) is 16.3. The third-order valence-corrected chi connectivity index (χ3v) is 5.02. The second-order valence-corrected chi connectivity index (χ2v) is 6.86. The molecule has 0 saturated carbocycles. The van der Waals surface area contributed by atoms with Crippen molar-refractivity contribution < 1.29 is 23.2 Å². The predicted octanol–water partition coefficient (Wildman–Crippen LogP) is 3.72. The summed E-state index contributed by atoms with van der Waals surface area (Å²) in [5.41, 5.74) is 1.77. The second-order valence-electron chi connectivity index (χ2n) is 6.86. The standard InChI is InChI=1S/C21H20FN3O4/c1-12-4-6-15(10-16(12)22)25-11-14(9-19(25)26)21-23-20(24-29-21)13-5-7-17(27-2)18(8-13)28-3/h4-8,10,14H,9,11H2,1-3H3/t14-/m0/s1. The van der Waals surface area contributed by atoms with Crippen LogP contribution in [0.1, 0.15) is 23.8 Å². The van der Waals surface area contributed by atoms with Crippen molar-refractivity contribution >= 4 is 11.6 Å². The Labute approximate surface area is 167 Å². The van der Waals surface area contributed by atoms with E-state index in [1.165, 1.54) is 6.07 Å². The van der Waals surface area contributed by atoms with Gasteiger partial charge in [0.05, 0.1) is 20.1 Å². The largest absolute Gasteiger partial charge is 0.493 e. The van der Waals surface area contributed by atoms with Crippen molar-refractivity contribution in [2.24, 2.45) is 0 Å². The van der Waals surface area contributed by atoms with Crippen LogP contribution in [0.25, 0.3) is 11.4 Å². The number of aromatic nitrogens is 2. The van der Waals surface area contributed by atoms with E-state index < -0.39 is 0 Å². The molecule has 29 heavy (non-hydrogen) atoms. The summed E-state index contributed by atoms with van der Waals surface area (Å²) < 4.78 is 29.9. The van der Waals surface area contributed by atoms with Crippen molar-refractivity contribution in [2.45, 2.75) is 19.3 Å². The van der Waals surface area contributed by atoms with Crippen LogP contribution in [0.4, 0.5) is 10.1 Å². The van der Waals surface area contributed by atoms with Gasteiger partial charge in [-0.2, -0.15) is 4.98 Å². The molecule has 0 radical (unpaired) electrons. The molecule has 1 atom stereocenters. The lowest BCUT2D eigenvalue weighted by molar-refractivity contribution is -0.117. The first-order chi connectivity index (χ1) is 14.0. The molecule has 0 spiro atoms. The van der Waals surface area contributed by atoms with Crippen molar-refractivity contribution in [1.29, 1.82) is 0 Å². The van der Waals surface area contributed by atoms with Gasteiger partial charge in [0.1, 0.15) is 5.82 Å². The number of hydrogen-bond acceptors (Lipinski definition) is 6. The lowest BCUT2D eigenvalue weighted by atomic mass is 10.1. The number of amides is 1. The first kappa shape index (κ1) is 18.9. The molecule has 8 heteroatoms. The molecule has 0 bridgehead atoms. The average molecular weight is 397 g/mol. The first-order valence-electron chi connectivity index (χ1n) is 9.12. The van der Waals surface area contributed by atoms with Crippen LogP contribution in [0.15, 0.2) is 40.9 Å². The fourth-order valence-corrected chi connectivity index (χ4v) is 3.37. The minimum Gasteiger partial charge on any atom is -0.493 e. The highest BCUT2D eigenvalue weighted by Gasteiger charge is 2.35. The number of carbonyl (C=O) groups excluding carboxylic acids is 1. The third kappa shape index (κ3) is 3.53.